The van der Waals surface area contributed by atoms with E-state index in [1.165, 1.54) is 12.1 Å². The lowest BCUT2D eigenvalue weighted by Crippen LogP contribution is -2.30. The molecule has 24 heavy (non-hydrogen) atoms. The number of ether oxygens (including phenoxy) is 1. The molecule has 1 unspecified atom stereocenters. The average Bonchev–Trinajstić information content (AvgIpc) is 3.13. The van der Waals surface area contributed by atoms with Crippen LogP contribution in [0.15, 0.2) is 48.5 Å². The minimum absolute atomic E-state index is 0.133. The monoisotopic (exact) mass is 323 g/mol. The van der Waals surface area contributed by atoms with Gasteiger partial charge in [0.15, 0.2) is 0 Å². The summed E-state index contributed by atoms with van der Waals surface area (Å²) in [4.78, 5) is 12.4. The first kappa shape index (κ1) is 16.2. The summed E-state index contributed by atoms with van der Waals surface area (Å²) in [5.74, 6) is 5.92. The number of carbonyl (C=O) groups excluding carboxylic acids is 1. The lowest BCUT2D eigenvalue weighted by molar-refractivity contribution is 0.0945. The highest BCUT2D eigenvalue weighted by Gasteiger charge is 2.17. The minimum Gasteiger partial charge on any atom is -0.381 e. The second kappa shape index (κ2) is 7.76. The Kier molecular flexibility index (Phi) is 5.25. The van der Waals surface area contributed by atoms with Crippen LogP contribution in [0.5, 0.6) is 0 Å². The van der Waals surface area contributed by atoms with Crippen LogP contribution in [-0.2, 0) is 4.74 Å². The van der Waals surface area contributed by atoms with Gasteiger partial charge in [-0.2, -0.15) is 0 Å². The first-order chi connectivity index (χ1) is 11.7. The van der Waals surface area contributed by atoms with Crippen molar-refractivity contribution in [3.05, 3.63) is 71.0 Å². The molecule has 0 spiro atoms. The minimum atomic E-state index is -0.295. The lowest BCUT2D eigenvalue weighted by Gasteiger charge is -2.10. The van der Waals surface area contributed by atoms with Gasteiger partial charge in [0.25, 0.3) is 5.91 Å². The number of carbonyl (C=O) groups is 1. The SMILES string of the molecule is O=C(NCC1CCOC1)c1ccccc1C#Cc1ccc(F)cc1. The van der Waals surface area contributed by atoms with Gasteiger partial charge < -0.3 is 10.1 Å². The van der Waals surface area contributed by atoms with E-state index in [1.54, 1.807) is 18.2 Å². The average molecular weight is 323 g/mol. The van der Waals surface area contributed by atoms with Crippen LogP contribution in [0.4, 0.5) is 4.39 Å². The molecule has 1 N–H and O–H groups in total. The summed E-state index contributed by atoms with van der Waals surface area (Å²) in [6, 6.07) is 13.2. The summed E-state index contributed by atoms with van der Waals surface area (Å²) in [5, 5.41) is 2.95. The van der Waals surface area contributed by atoms with Gasteiger partial charge in [0.05, 0.1) is 12.2 Å². The van der Waals surface area contributed by atoms with Crippen molar-refractivity contribution in [3.8, 4) is 11.8 Å². The van der Waals surface area contributed by atoms with Gasteiger partial charge in [-0.05, 0) is 42.8 Å². The molecule has 0 radical (unpaired) electrons. The fourth-order valence-electron chi connectivity index (χ4n) is 2.54. The fraction of sp³-hybridized carbons (Fsp3) is 0.250. The van der Waals surface area contributed by atoms with E-state index in [9.17, 15) is 9.18 Å². The quantitative estimate of drug-likeness (QED) is 0.882. The number of benzene rings is 2. The predicted molar refractivity (Wildman–Crippen MR) is 90.1 cm³/mol. The van der Waals surface area contributed by atoms with Gasteiger partial charge in [-0.1, -0.05) is 24.0 Å². The molecule has 0 aromatic heterocycles. The number of hydrogen-bond acceptors (Lipinski definition) is 2. The molecule has 0 saturated carbocycles. The van der Waals surface area contributed by atoms with Crippen molar-refractivity contribution in [2.45, 2.75) is 6.42 Å². The molecular formula is C20H18FNO2. The fourth-order valence-corrected chi connectivity index (χ4v) is 2.54. The topological polar surface area (TPSA) is 38.3 Å². The maximum Gasteiger partial charge on any atom is 0.252 e. The Balaban J connectivity index is 1.72. The molecule has 1 amide bonds. The normalized spacial score (nSPS) is 16.3. The molecule has 0 bridgehead atoms. The van der Waals surface area contributed by atoms with E-state index in [-0.39, 0.29) is 11.7 Å². The Morgan fingerprint density at radius 3 is 2.71 bits per heavy atom. The van der Waals surface area contributed by atoms with Crippen LogP contribution in [0.2, 0.25) is 0 Å². The molecule has 1 saturated heterocycles. The zero-order chi connectivity index (χ0) is 16.8. The Labute approximate surface area is 140 Å². The summed E-state index contributed by atoms with van der Waals surface area (Å²) in [6.07, 6.45) is 0.978. The van der Waals surface area contributed by atoms with Crippen molar-refractivity contribution in [1.82, 2.24) is 5.32 Å². The van der Waals surface area contributed by atoms with Crippen molar-refractivity contribution in [2.24, 2.45) is 5.92 Å². The van der Waals surface area contributed by atoms with Crippen LogP contribution in [0, 0.1) is 23.6 Å². The van der Waals surface area contributed by atoms with Gasteiger partial charge >= 0.3 is 0 Å². The van der Waals surface area contributed by atoms with Crippen molar-refractivity contribution in [1.29, 1.82) is 0 Å². The highest BCUT2D eigenvalue weighted by atomic mass is 19.1. The van der Waals surface area contributed by atoms with Crippen LogP contribution in [-0.4, -0.2) is 25.7 Å². The molecule has 1 aliphatic heterocycles. The van der Waals surface area contributed by atoms with Gasteiger partial charge in [-0.3, -0.25) is 4.79 Å². The van der Waals surface area contributed by atoms with Gasteiger partial charge in [-0.25, -0.2) is 4.39 Å². The second-order valence-electron chi connectivity index (χ2n) is 5.74. The molecule has 1 heterocycles. The number of amides is 1. The van der Waals surface area contributed by atoms with E-state index in [4.69, 9.17) is 4.74 Å². The Bertz CT molecular complexity index is 768. The zero-order valence-electron chi connectivity index (χ0n) is 13.2. The maximum atomic E-state index is 12.9. The van der Waals surface area contributed by atoms with Crippen molar-refractivity contribution >= 4 is 5.91 Å². The first-order valence-corrected chi connectivity index (χ1v) is 7.95. The van der Waals surface area contributed by atoms with Crippen molar-refractivity contribution < 1.29 is 13.9 Å². The van der Waals surface area contributed by atoms with Crippen LogP contribution in [0.1, 0.15) is 27.9 Å². The van der Waals surface area contributed by atoms with Crippen molar-refractivity contribution in [3.63, 3.8) is 0 Å². The third-order valence-electron chi connectivity index (χ3n) is 3.93. The van der Waals surface area contributed by atoms with Gasteiger partial charge in [0, 0.05) is 30.2 Å². The van der Waals surface area contributed by atoms with Gasteiger partial charge in [-0.15, -0.1) is 0 Å². The molecule has 1 atom stereocenters. The van der Waals surface area contributed by atoms with E-state index in [0.717, 1.165) is 13.0 Å². The molecule has 2 aromatic carbocycles. The van der Waals surface area contributed by atoms with Gasteiger partial charge in [0.2, 0.25) is 0 Å². The van der Waals surface area contributed by atoms with Crippen LogP contribution in [0.25, 0.3) is 0 Å². The molecule has 122 valence electrons. The second-order valence-corrected chi connectivity index (χ2v) is 5.74. The number of hydrogen-bond donors (Lipinski definition) is 1. The van der Waals surface area contributed by atoms with E-state index < -0.39 is 0 Å². The standard InChI is InChI=1S/C20H18FNO2/c21-18-9-6-15(7-10-18)5-8-17-3-1-2-4-19(17)20(23)22-13-16-11-12-24-14-16/h1-4,6-7,9-10,16H,11-14H2,(H,22,23). The molecular weight excluding hydrogens is 305 g/mol. The van der Waals surface area contributed by atoms with Crippen molar-refractivity contribution in [2.75, 3.05) is 19.8 Å². The highest BCUT2D eigenvalue weighted by Crippen LogP contribution is 2.12. The summed E-state index contributed by atoms with van der Waals surface area (Å²) in [7, 11) is 0. The van der Waals surface area contributed by atoms with E-state index in [2.05, 4.69) is 17.2 Å². The number of halogens is 1. The first-order valence-electron chi connectivity index (χ1n) is 7.95. The van der Waals surface area contributed by atoms with Gasteiger partial charge in [0.1, 0.15) is 5.82 Å². The molecule has 1 aliphatic rings. The highest BCUT2D eigenvalue weighted by molar-refractivity contribution is 5.96. The Morgan fingerprint density at radius 2 is 1.96 bits per heavy atom. The molecule has 4 heteroatoms. The summed E-state index contributed by atoms with van der Waals surface area (Å²) >= 11 is 0. The molecule has 2 aromatic rings. The number of nitrogens with one attached hydrogen (secondary N) is 1. The summed E-state index contributed by atoms with van der Waals surface area (Å²) < 4.78 is 18.2. The maximum absolute atomic E-state index is 12.9. The van der Waals surface area contributed by atoms with E-state index >= 15 is 0 Å². The van der Waals surface area contributed by atoms with Crippen LogP contribution in [0.3, 0.4) is 0 Å². The predicted octanol–water partition coefficient (Wildman–Crippen LogP) is 2.99. The van der Waals surface area contributed by atoms with Crippen LogP contribution < -0.4 is 5.32 Å². The molecule has 1 fully saturated rings. The third kappa shape index (κ3) is 4.21. The van der Waals surface area contributed by atoms with Crippen LogP contribution >= 0.6 is 0 Å². The summed E-state index contributed by atoms with van der Waals surface area (Å²) in [5.41, 5.74) is 1.91. The smallest absolute Gasteiger partial charge is 0.252 e. The Morgan fingerprint density at radius 1 is 1.17 bits per heavy atom. The largest absolute Gasteiger partial charge is 0.381 e. The molecule has 3 nitrogen and oxygen atoms in total. The molecule has 3 rings (SSSR count). The third-order valence-corrected chi connectivity index (χ3v) is 3.93. The number of rotatable bonds is 3. The van der Waals surface area contributed by atoms with E-state index in [0.29, 0.717) is 35.8 Å². The zero-order valence-corrected chi connectivity index (χ0v) is 13.2. The summed E-state index contributed by atoms with van der Waals surface area (Å²) in [6.45, 7) is 2.07. The molecule has 0 aliphatic carbocycles. The lowest BCUT2D eigenvalue weighted by atomic mass is 10.1. The Hall–Kier alpha value is -2.64. The van der Waals surface area contributed by atoms with E-state index in [1.807, 2.05) is 18.2 Å².